The molecule has 1 N–H and O–H groups in total. The third-order valence-electron chi connectivity index (χ3n) is 4.37. The molecule has 2 aromatic carbocycles. The van der Waals surface area contributed by atoms with E-state index in [4.69, 9.17) is 0 Å². The molecule has 7 nitrogen and oxygen atoms in total. The minimum Gasteiger partial charge on any atom is -0.352 e. The first-order valence-electron chi connectivity index (χ1n) is 9.25. The van der Waals surface area contributed by atoms with Gasteiger partial charge in [-0.25, -0.2) is 0 Å². The summed E-state index contributed by atoms with van der Waals surface area (Å²) in [6.45, 7) is 5.56. The smallest absolute Gasteiger partial charge is 0.273 e. The number of amides is 2. The number of rotatable bonds is 8. The number of para-hydroxylation sites is 1. The Morgan fingerprint density at radius 1 is 1.14 bits per heavy atom. The van der Waals surface area contributed by atoms with Crippen LogP contribution >= 0.6 is 15.9 Å². The van der Waals surface area contributed by atoms with Crippen molar-refractivity contribution in [1.29, 1.82) is 0 Å². The van der Waals surface area contributed by atoms with Gasteiger partial charge in [-0.05, 0) is 38.5 Å². The second-order valence-corrected chi connectivity index (χ2v) is 7.97. The molecule has 2 aromatic rings. The molecule has 0 aliphatic rings. The zero-order valence-electron chi connectivity index (χ0n) is 16.6. The lowest BCUT2D eigenvalue weighted by atomic mass is 10.1. The number of halogens is 1. The van der Waals surface area contributed by atoms with Crippen LogP contribution in [-0.2, 0) is 22.6 Å². The summed E-state index contributed by atoms with van der Waals surface area (Å²) in [4.78, 5) is 37.9. The van der Waals surface area contributed by atoms with Crippen molar-refractivity contribution in [2.24, 2.45) is 0 Å². The molecule has 1 atom stereocenters. The van der Waals surface area contributed by atoms with Gasteiger partial charge in [0.15, 0.2) is 0 Å². The molecule has 0 aliphatic carbocycles. The molecule has 0 fully saturated rings. The molecule has 0 radical (unpaired) electrons. The zero-order chi connectivity index (χ0) is 21.6. The normalized spacial score (nSPS) is 11.8. The molecule has 0 saturated carbocycles. The van der Waals surface area contributed by atoms with E-state index in [1.54, 1.807) is 25.1 Å². The topological polar surface area (TPSA) is 92.6 Å². The van der Waals surface area contributed by atoms with Crippen LogP contribution in [0.2, 0.25) is 0 Å². The Morgan fingerprint density at radius 2 is 1.83 bits per heavy atom. The van der Waals surface area contributed by atoms with Gasteiger partial charge in [0.25, 0.3) is 5.69 Å². The van der Waals surface area contributed by atoms with E-state index in [0.29, 0.717) is 5.56 Å². The number of hydrogen-bond donors (Lipinski definition) is 1. The van der Waals surface area contributed by atoms with Crippen molar-refractivity contribution in [2.75, 3.05) is 0 Å². The van der Waals surface area contributed by atoms with Gasteiger partial charge in [0.2, 0.25) is 11.8 Å². The van der Waals surface area contributed by atoms with Gasteiger partial charge in [-0.15, -0.1) is 0 Å². The fourth-order valence-electron chi connectivity index (χ4n) is 2.92. The molecule has 0 aliphatic heterocycles. The molecule has 0 heterocycles. The summed E-state index contributed by atoms with van der Waals surface area (Å²) in [7, 11) is 0. The van der Waals surface area contributed by atoms with Crippen molar-refractivity contribution in [3.05, 3.63) is 74.2 Å². The Bertz CT molecular complexity index is 901. The molecule has 0 spiro atoms. The number of hydrogen-bond acceptors (Lipinski definition) is 4. The third kappa shape index (κ3) is 6.39. The summed E-state index contributed by atoms with van der Waals surface area (Å²) in [5, 5.41) is 14.1. The SMILES string of the molecule is CC(C)NC(=O)C(C)N(Cc1cccc(Br)c1)C(=O)Cc1ccccc1[N+](=O)[O-]. The molecule has 8 heteroatoms. The van der Waals surface area contributed by atoms with Gasteiger partial charge in [0, 0.05) is 28.7 Å². The second-order valence-electron chi connectivity index (χ2n) is 7.05. The van der Waals surface area contributed by atoms with Gasteiger partial charge in [0.05, 0.1) is 11.3 Å². The van der Waals surface area contributed by atoms with Crippen LogP contribution < -0.4 is 5.32 Å². The largest absolute Gasteiger partial charge is 0.352 e. The third-order valence-corrected chi connectivity index (χ3v) is 4.86. The van der Waals surface area contributed by atoms with E-state index in [1.807, 2.05) is 38.1 Å². The molecule has 2 amide bonds. The number of carbonyl (C=O) groups excluding carboxylic acids is 2. The van der Waals surface area contributed by atoms with Crippen LogP contribution in [-0.4, -0.2) is 33.7 Å². The minimum absolute atomic E-state index is 0.0667. The van der Waals surface area contributed by atoms with Crippen LogP contribution in [0.5, 0.6) is 0 Å². The first-order valence-corrected chi connectivity index (χ1v) is 10.0. The number of nitro groups is 1. The van der Waals surface area contributed by atoms with Crippen molar-refractivity contribution >= 4 is 33.4 Å². The van der Waals surface area contributed by atoms with Crippen LogP contribution in [0.3, 0.4) is 0 Å². The lowest BCUT2D eigenvalue weighted by Gasteiger charge is -2.29. The fourth-order valence-corrected chi connectivity index (χ4v) is 3.37. The molecule has 0 aromatic heterocycles. The van der Waals surface area contributed by atoms with E-state index >= 15 is 0 Å². The molecular formula is C21H24BrN3O4. The Labute approximate surface area is 178 Å². The minimum atomic E-state index is -0.730. The van der Waals surface area contributed by atoms with E-state index in [2.05, 4.69) is 21.2 Å². The van der Waals surface area contributed by atoms with Crippen molar-refractivity contribution in [2.45, 2.75) is 45.8 Å². The maximum atomic E-state index is 13.1. The van der Waals surface area contributed by atoms with E-state index < -0.39 is 11.0 Å². The van der Waals surface area contributed by atoms with E-state index in [1.165, 1.54) is 11.0 Å². The summed E-state index contributed by atoms with van der Waals surface area (Å²) in [6, 6.07) is 12.8. The van der Waals surface area contributed by atoms with Crippen LogP contribution in [0.1, 0.15) is 31.9 Å². The van der Waals surface area contributed by atoms with Crippen molar-refractivity contribution in [3.63, 3.8) is 0 Å². The van der Waals surface area contributed by atoms with Crippen molar-refractivity contribution < 1.29 is 14.5 Å². The summed E-state index contributed by atoms with van der Waals surface area (Å²) in [5.41, 5.74) is 1.06. The lowest BCUT2D eigenvalue weighted by molar-refractivity contribution is -0.385. The summed E-state index contributed by atoms with van der Waals surface area (Å²) in [5.74, 6) is -0.628. The molecule has 0 saturated heterocycles. The average molecular weight is 462 g/mol. The number of benzene rings is 2. The van der Waals surface area contributed by atoms with Crippen molar-refractivity contribution in [3.8, 4) is 0 Å². The van der Waals surface area contributed by atoms with Gasteiger partial charge in [-0.2, -0.15) is 0 Å². The molecule has 1 unspecified atom stereocenters. The van der Waals surface area contributed by atoms with Gasteiger partial charge in [-0.1, -0.05) is 46.3 Å². The van der Waals surface area contributed by atoms with E-state index in [9.17, 15) is 19.7 Å². The first kappa shape index (κ1) is 22.5. The Balaban J connectivity index is 2.31. The predicted molar refractivity (Wildman–Crippen MR) is 114 cm³/mol. The number of carbonyl (C=O) groups is 2. The van der Waals surface area contributed by atoms with Gasteiger partial charge in [-0.3, -0.25) is 19.7 Å². The fraction of sp³-hybridized carbons (Fsp3) is 0.333. The summed E-state index contributed by atoms with van der Waals surface area (Å²) in [6.07, 6.45) is -0.162. The molecule has 29 heavy (non-hydrogen) atoms. The van der Waals surface area contributed by atoms with Crippen molar-refractivity contribution in [1.82, 2.24) is 10.2 Å². The molecule has 2 rings (SSSR count). The monoisotopic (exact) mass is 461 g/mol. The van der Waals surface area contributed by atoms with Crippen LogP contribution in [0.15, 0.2) is 53.0 Å². The Hall–Kier alpha value is -2.74. The first-order chi connectivity index (χ1) is 13.7. The van der Waals surface area contributed by atoms with Crippen LogP contribution in [0.4, 0.5) is 5.69 Å². The number of nitrogens with one attached hydrogen (secondary N) is 1. The van der Waals surface area contributed by atoms with E-state index in [-0.39, 0.29) is 36.5 Å². The maximum absolute atomic E-state index is 13.1. The van der Waals surface area contributed by atoms with E-state index in [0.717, 1.165) is 10.0 Å². The highest BCUT2D eigenvalue weighted by molar-refractivity contribution is 9.10. The van der Waals surface area contributed by atoms with Gasteiger partial charge >= 0.3 is 0 Å². The van der Waals surface area contributed by atoms with Gasteiger partial charge in [0.1, 0.15) is 6.04 Å². The molecule has 154 valence electrons. The highest BCUT2D eigenvalue weighted by Gasteiger charge is 2.28. The predicted octanol–water partition coefficient (Wildman–Crippen LogP) is 3.84. The lowest BCUT2D eigenvalue weighted by Crippen LogP contribution is -2.49. The average Bonchev–Trinajstić information content (AvgIpc) is 2.65. The number of nitrogens with zero attached hydrogens (tertiary/aromatic N) is 2. The quantitative estimate of drug-likeness (QED) is 0.477. The Kier molecular flexibility index (Phi) is 7.90. The summed E-state index contributed by atoms with van der Waals surface area (Å²) < 4.78 is 0.861. The second kappa shape index (κ2) is 10.2. The van der Waals surface area contributed by atoms with Gasteiger partial charge < -0.3 is 10.2 Å². The van der Waals surface area contributed by atoms with Crippen LogP contribution in [0, 0.1) is 10.1 Å². The summed E-state index contributed by atoms with van der Waals surface area (Å²) >= 11 is 3.41. The van der Waals surface area contributed by atoms with Crippen LogP contribution in [0.25, 0.3) is 0 Å². The standard InChI is InChI=1S/C21H24BrN3O4/c1-14(2)23-21(27)15(3)24(13-16-7-6-9-18(22)11-16)20(26)12-17-8-4-5-10-19(17)25(28)29/h4-11,14-15H,12-13H2,1-3H3,(H,23,27). The Morgan fingerprint density at radius 3 is 2.45 bits per heavy atom. The number of nitro benzene ring substituents is 1. The highest BCUT2D eigenvalue weighted by Crippen LogP contribution is 2.21. The highest BCUT2D eigenvalue weighted by atomic mass is 79.9. The molecular weight excluding hydrogens is 438 g/mol. The zero-order valence-corrected chi connectivity index (χ0v) is 18.2. The molecule has 0 bridgehead atoms. The maximum Gasteiger partial charge on any atom is 0.273 e.